The maximum Gasteiger partial charge on any atom is 0.296 e. The molecule has 0 atom stereocenters. The molecule has 0 saturated carbocycles. The lowest BCUT2D eigenvalue weighted by Crippen LogP contribution is -2.48. The number of aromatic nitrogens is 3. The number of H-pyrrole nitrogens is 1. The lowest BCUT2D eigenvalue weighted by atomic mass is 9.91. The molecule has 0 radical (unpaired) electrons. The molecule has 39 heavy (non-hydrogen) atoms. The summed E-state index contributed by atoms with van der Waals surface area (Å²) in [6.45, 7) is 7.45. The van der Waals surface area contributed by atoms with Gasteiger partial charge >= 0.3 is 0 Å². The van der Waals surface area contributed by atoms with Crippen molar-refractivity contribution in [3.63, 3.8) is 0 Å². The van der Waals surface area contributed by atoms with E-state index in [-0.39, 0.29) is 24.5 Å². The molecule has 2 aromatic heterocycles. The lowest BCUT2D eigenvalue weighted by molar-refractivity contribution is -0.144. The summed E-state index contributed by atoms with van der Waals surface area (Å²) in [4.78, 5) is 40.3. The number of carbonyl (C=O) groups excluding carboxylic acids is 2. The summed E-state index contributed by atoms with van der Waals surface area (Å²) in [5, 5.41) is 10.0. The molecule has 0 spiro atoms. The standard InChI is InChI=1S/C29H34ClN5O4/c1-18(37)34-12-8-20(9-13-34)19-4-6-21(7-5-19)25-23(30)16-24-26(32-25)33-28(31-24)39-22-10-14-35(15-11-22)27(38)29(2,3)17-36/h4-8,16,22,36H,9-15,17H2,1-3H3,(H,31,32,33). The van der Waals surface area contributed by atoms with Gasteiger partial charge in [0.05, 0.1) is 28.3 Å². The minimum atomic E-state index is -0.777. The van der Waals surface area contributed by atoms with Crippen LogP contribution in [0.4, 0.5) is 0 Å². The van der Waals surface area contributed by atoms with Crippen LogP contribution in [0.3, 0.4) is 0 Å². The number of nitrogens with one attached hydrogen (secondary N) is 1. The summed E-state index contributed by atoms with van der Waals surface area (Å²) in [7, 11) is 0. The van der Waals surface area contributed by atoms with Crippen LogP contribution < -0.4 is 4.74 Å². The van der Waals surface area contributed by atoms with Crippen LogP contribution in [0.25, 0.3) is 28.0 Å². The van der Waals surface area contributed by atoms with E-state index in [2.05, 4.69) is 28.2 Å². The Balaban J connectivity index is 1.25. The van der Waals surface area contributed by atoms with Crippen molar-refractivity contribution in [1.82, 2.24) is 24.8 Å². The number of hydrogen-bond acceptors (Lipinski definition) is 6. The highest BCUT2D eigenvalue weighted by atomic mass is 35.5. The molecule has 2 N–H and O–H groups in total. The van der Waals surface area contributed by atoms with Gasteiger partial charge in [-0.05, 0) is 37.5 Å². The summed E-state index contributed by atoms with van der Waals surface area (Å²) in [6.07, 6.45) is 4.22. The molecule has 2 aliphatic rings. The Morgan fingerprint density at radius 2 is 1.79 bits per heavy atom. The molecule has 2 aliphatic heterocycles. The summed E-state index contributed by atoms with van der Waals surface area (Å²) in [6, 6.07) is 10.3. The number of aromatic amines is 1. The highest BCUT2D eigenvalue weighted by Gasteiger charge is 2.34. The van der Waals surface area contributed by atoms with Crippen LogP contribution in [0.5, 0.6) is 6.01 Å². The molecule has 0 aliphatic carbocycles. The SMILES string of the molecule is CC(=O)N1CC=C(c2ccc(-c3nc4nc(OC5CCN(C(=O)C(C)(C)CO)CC5)[nH]c4cc3Cl)cc2)CC1. The van der Waals surface area contributed by atoms with Gasteiger partial charge in [-0.2, -0.15) is 4.98 Å². The molecule has 4 heterocycles. The highest BCUT2D eigenvalue weighted by Crippen LogP contribution is 2.32. The van der Waals surface area contributed by atoms with Gasteiger partial charge in [-0.15, -0.1) is 0 Å². The monoisotopic (exact) mass is 551 g/mol. The second-order valence-corrected chi connectivity index (χ2v) is 11.3. The van der Waals surface area contributed by atoms with E-state index >= 15 is 0 Å². The van der Waals surface area contributed by atoms with Gasteiger partial charge in [0.1, 0.15) is 6.10 Å². The van der Waals surface area contributed by atoms with Crippen molar-refractivity contribution in [2.24, 2.45) is 5.41 Å². The van der Waals surface area contributed by atoms with Crippen LogP contribution in [0, 0.1) is 5.41 Å². The minimum absolute atomic E-state index is 0.0401. The van der Waals surface area contributed by atoms with Gasteiger partial charge < -0.3 is 24.6 Å². The Hall–Kier alpha value is -3.43. The number of benzene rings is 1. The van der Waals surface area contributed by atoms with Gasteiger partial charge in [-0.3, -0.25) is 9.59 Å². The Bertz CT molecular complexity index is 1410. The first-order chi connectivity index (χ1) is 18.6. The number of fused-ring (bicyclic) bond motifs is 1. The fourth-order valence-electron chi connectivity index (χ4n) is 5.04. The van der Waals surface area contributed by atoms with Crippen molar-refractivity contribution in [2.75, 3.05) is 32.8 Å². The van der Waals surface area contributed by atoms with Crippen molar-refractivity contribution in [1.29, 1.82) is 0 Å². The third-order valence-electron chi connectivity index (χ3n) is 7.57. The molecule has 206 valence electrons. The normalized spacial score (nSPS) is 16.9. The summed E-state index contributed by atoms with van der Waals surface area (Å²) in [5.41, 5.74) is 4.33. The molecular formula is C29H34ClN5O4. The number of aliphatic hydroxyl groups is 1. The molecule has 1 aromatic carbocycles. The number of piperidine rings is 1. The van der Waals surface area contributed by atoms with Crippen LogP contribution in [0.15, 0.2) is 36.4 Å². The maximum atomic E-state index is 12.6. The zero-order valence-electron chi connectivity index (χ0n) is 22.5. The zero-order valence-corrected chi connectivity index (χ0v) is 23.3. The van der Waals surface area contributed by atoms with E-state index < -0.39 is 5.41 Å². The molecule has 1 saturated heterocycles. The zero-order chi connectivity index (χ0) is 27.7. The molecule has 0 bridgehead atoms. The van der Waals surface area contributed by atoms with Gasteiger partial charge in [-0.25, -0.2) is 4.98 Å². The number of hydrogen-bond donors (Lipinski definition) is 2. The third-order valence-corrected chi connectivity index (χ3v) is 7.86. The van der Waals surface area contributed by atoms with E-state index in [1.54, 1.807) is 25.7 Å². The second kappa shape index (κ2) is 11.0. The van der Waals surface area contributed by atoms with Crippen LogP contribution in [-0.4, -0.2) is 80.6 Å². The number of likely N-dealkylation sites (tertiary alicyclic amines) is 1. The number of amides is 2. The molecule has 9 nitrogen and oxygen atoms in total. The second-order valence-electron chi connectivity index (χ2n) is 10.9. The fourth-order valence-corrected chi connectivity index (χ4v) is 5.30. The Kier molecular flexibility index (Phi) is 7.64. The largest absolute Gasteiger partial charge is 0.461 e. The Morgan fingerprint density at radius 3 is 2.41 bits per heavy atom. The lowest BCUT2D eigenvalue weighted by Gasteiger charge is -2.36. The number of rotatable bonds is 6. The first-order valence-electron chi connectivity index (χ1n) is 13.3. The van der Waals surface area contributed by atoms with Crippen molar-refractivity contribution < 1.29 is 19.4 Å². The number of aliphatic hydroxyl groups excluding tert-OH is 1. The predicted molar refractivity (Wildman–Crippen MR) is 150 cm³/mol. The molecule has 1 fully saturated rings. The molecular weight excluding hydrogens is 518 g/mol. The van der Waals surface area contributed by atoms with Crippen molar-refractivity contribution in [3.05, 3.63) is 47.0 Å². The number of halogens is 1. The van der Waals surface area contributed by atoms with E-state index in [0.29, 0.717) is 60.4 Å². The van der Waals surface area contributed by atoms with E-state index in [1.165, 1.54) is 5.57 Å². The van der Waals surface area contributed by atoms with Crippen LogP contribution in [0.1, 0.15) is 45.6 Å². The van der Waals surface area contributed by atoms with E-state index in [4.69, 9.17) is 21.3 Å². The van der Waals surface area contributed by atoms with Crippen molar-refractivity contribution in [3.8, 4) is 17.3 Å². The third kappa shape index (κ3) is 5.79. The van der Waals surface area contributed by atoms with Crippen LogP contribution in [-0.2, 0) is 9.59 Å². The summed E-state index contributed by atoms with van der Waals surface area (Å²) >= 11 is 6.61. The Labute approximate surface area is 232 Å². The summed E-state index contributed by atoms with van der Waals surface area (Å²) < 4.78 is 6.10. The number of ether oxygens (including phenoxy) is 1. The molecule has 0 unspecified atom stereocenters. The smallest absolute Gasteiger partial charge is 0.296 e. The maximum absolute atomic E-state index is 12.6. The van der Waals surface area contributed by atoms with Gasteiger partial charge in [0.15, 0.2) is 5.65 Å². The molecule has 3 aromatic rings. The minimum Gasteiger partial charge on any atom is -0.461 e. The fraction of sp³-hybridized carbons (Fsp3) is 0.448. The number of imidazole rings is 1. The van der Waals surface area contributed by atoms with Crippen molar-refractivity contribution >= 4 is 40.2 Å². The van der Waals surface area contributed by atoms with Crippen molar-refractivity contribution in [2.45, 2.75) is 46.1 Å². The first kappa shape index (κ1) is 27.1. The first-order valence-corrected chi connectivity index (χ1v) is 13.7. The predicted octanol–water partition coefficient (Wildman–Crippen LogP) is 4.30. The quantitative estimate of drug-likeness (QED) is 0.472. The van der Waals surface area contributed by atoms with Crippen LogP contribution in [0.2, 0.25) is 5.02 Å². The molecule has 5 rings (SSSR count). The summed E-state index contributed by atoms with van der Waals surface area (Å²) in [5.74, 6) is 0.0607. The van der Waals surface area contributed by atoms with Crippen LogP contribution >= 0.6 is 11.6 Å². The van der Waals surface area contributed by atoms with Gasteiger partial charge in [0.2, 0.25) is 11.8 Å². The number of nitrogens with zero attached hydrogens (tertiary/aromatic N) is 4. The molecule has 2 amide bonds. The average Bonchev–Trinajstić information content (AvgIpc) is 3.33. The highest BCUT2D eigenvalue weighted by molar-refractivity contribution is 6.33. The van der Waals surface area contributed by atoms with Gasteiger partial charge in [-0.1, -0.05) is 41.9 Å². The van der Waals surface area contributed by atoms with E-state index in [9.17, 15) is 14.7 Å². The topological polar surface area (TPSA) is 112 Å². The van der Waals surface area contributed by atoms with Gasteiger partial charge in [0.25, 0.3) is 6.01 Å². The van der Waals surface area contributed by atoms with Gasteiger partial charge in [0, 0.05) is 51.5 Å². The number of pyridine rings is 1. The van der Waals surface area contributed by atoms with E-state index in [0.717, 1.165) is 24.1 Å². The van der Waals surface area contributed by atoms with E-state index in [1.807, 2.05) is 23.1 Å². The Morgan fingerprint density at radius 1 is 1.10 bits per heavy atom. The molecule has 10 heteroatoms. The number of carbonyl (C=O) groups is 2. The average molecular weight is 552 g/mol.